The second-order valence-corrected chi connectivity index (χ2v) is 5.02. The molecule has 2 saturated heterocycles. The van der Waals surface area contributed by atoms with Crippen molar-refractivity contribution in [2.75, 3.05) is 33.4 Å². The number of piperazine rings is 1. The van der Waals surface area contributed by atoms with E-state index in [9.17, 15) is 9.59 Å². The maximum absolute atomic E-state index is 12.2. The molecule has 2 fully saturated rings. The zero-order valence-electron chi connectivity index (χ0n) is 10.5. The monoisotopic (exact) mass is 240 g/mol. The van der Waals surface area contributed by atoms with Gasteiger partial charge in [-0.2, -0.15) is 0 Å². The van der Waals surface area contributed by atoms with Gasteiger partial charge < -0.3 is 14.5 Å². The van der Waals surface area contributed by atoms with Crippen molar-refractivity contribution in [3.63, 3.8) is 0 Å². The molecule has 2 heterocycles. The van der Waals surface area contributed by atoms with Crippen LogP contribution in [0.15, 0.2) is 0 Å². The molecule has 0 radical (unpaired) electrons. The molecule has 0 aromatic heterocycles. The Hall–Kier alpha value is -1.10. The Morgan fingerprint density at radius 1 is 1.47 bits per heavy atom. The average Bonchev–Trinajstić information content (AvgIpc) is 2.75. The van der Waals surface area contributed by atoms with Crippen LogP contribution in [-0.2, 0) is 14.3 Å². The lowest BCUT2D eigenvalue weighted by molar-refractivity contribution is -0.154. The number of fused-ring (bicyclic) bond motifs is 1. The first-order chi connectivity index (χ1) is 8.13. The van der Waals surface area contributed by atoms with Crippen LogP contribution in [0.3, 0.4) is 0 Å². The lowest BCUT2D eigenvalue weighted by atomic mass is 10.1. The Morgan fingerprint density at radius 2 is 2.24 bits per heavy atom. The largest absolute Gasteiger partial charge is 0.384 e. The predicted octanol–water partition coefficient (Wildman–Crippen LogP) is 0.102. The first-order valence-corrected chi connectivity index (χ1v) is 6.20. The second kappa shape index (κ2) is 5.04. The van der Waals surface area contributed by atoms with E-state index in [0.717, 1.165) is 19.4 Å². The quantitative estimate of drug-likeness (QED) is 0.700. The van der Waals surface area contributed by atoms with Crippen molar-refractivity contribution in [2.45, 2.75) is 25.8 Å². The molecular formula is C12H20N2O3. The third kappa shape index (κ3) is 2.44. The average molecular weight is 240 g/mol. The molecule has 5 nitrogen and oxygen atoms in total. The van der Waals surface area contributed by atoms with E-state index in [-0.39, 0.29) is 30.3 Å². The first kappa shape index (κ1) is 12.4. The molecule has 2 aliphatic rings. The minimum absolute atomic E-state index is 0.0942. The third-order valence-corrected chi connectivity index (χ3v) is 3.48. The number of ether oxygens (including phenoxy) is 1. The number of carbonyl (C=O) groups is 2. The molecule has 0 spiro atoms. The van der Waals surface area contributed by atoms with Crippen LogP contribution in [-0.4, -0.2) is 61.0 Å². The lowest BCUT2D eigenvalue weighted by Crippen LogP contribution is -2.58. The van der Waals surface area contributed by atoms with Gasteiger partial charge in [0, 0.05) is 20.2 Å². The molecule has 0 aromatic rings. The van der Waals surface area contributed by atoms with E-state index in [0.29, 0.717) is 13.2 Å². The molecule has 17 heavy (non-hydrogen) atoms. The van der Waals surface area contributed by atoms with Crippen LogP contribution in [0.4, 0.5) is 0 Å². The van der Waals surface area contributed by atoms with E-state index in [2.05, 4.69) is 0 Å². The standard InChI is InChI=1S/C12H20N2O3/c1-9(8-17-2)6-13-7-11(15)14-5-3-4-10(14)12(13)16/h9-10H,3-8H2,1-2H3. The van der Waals surface area contributed by atoms with Gasteiger partial charge in [-0.3, -0.25) is 9.59 Å². The zero-order chi connectivity index (χ0) is 12.4. The molecule has 2 aliphatic heterocycles. The minimum atomic E-state index is -0.189. The molecule has 5 heteroatoms. The van der Waals surface area contributed by atoms with Gasteiger partial charge in [-0.15, -0.1) is 0 Å². The van der Waals surface area contributed by atoms with Crippen molar-refractivity contribution in [1.82, 2.24) is 9.80 Å². The summed E-state index contributed by atoms with van der Waals surface area (Å²) in [6.07, 6.45) is 1.77. The number of amides is 2. The van der Waals surface area contributed by atoms with E-state index in [1.165, 1.54) is 0 Å². The summed E-state index contributed by atoms with van der Waals surface area (Å²) < 4.78 is 5.06. The van der Waals surface area contributed by atoms with Gasteiger partial charge in [0.2, 0.25) is 11.8 Å². The minimum Gasteiger partial charge on any atom is -0.384 e. The maximum Gasteiger partial charge on any atom is 0.245 e. The molecule has 0 saturated carbocycles. The van der Waals surface area contributed by atoms with Gasteiger partial charge in [-0.25, -0.2) is 0 Å². The van der Waals surface area contributed by atoms with Crippen molar-refractivity contribution in [3.05, 3.63) is 0 Å². The molecule has 0 bridgehead atoms. The molecule has 0 N–H and O–H groups in total. The van der Waals surface area contributed by atoms with Gasteiger partial charge in [0.15, 0.2) is 0 Å². The van der Waals surface area contributed by atoms with E-state index >= 15 is 0 Å². The molecule has 2 unspecified atom stereocenters. The van der Waals surface area contributed by atoms with Crippen molar-refractivity contribution < 1.29 is 14.3 Å². The van der Waals surface area contributed by atoms with Gasteiger partial charge in [-0.1, -0.05) is 6.92 Å². The van der Waals surface area contributed by atoms with Crippen molar-refractivity contribution in [3.8, 4) is 0 Å². The summed E-state index contributed by atoms with van der Waals surface area (Å²) in [6, 6.07) is -0.189. The van der Waals surface area contributed by atoms with Crippen LogP contribution in [0.1, 0.15) is 19.8 Å². The molecule has 0 aromatic carbocycles. The van der Waals surface area contributed by atoms with Crippen molar-refractivity contribution in [1.29, 1.82) is 0 Å². The number of nitrogens with zero attached hydrogens (tertiary/aromatic N) is 2. The van der Waals surface area contributed by atoms with E-state index in [1.807, 2.05) is 6.92 Å². The fourth-order valence-electron chi connectivity index (χ4n) is 2.73. The highest BCUT2D eigenvalue weighted by Gasteiger charge is 2.41. The van der Waals surface area contributed by atoms with Gasteiger partial charge in [-0.05, 0) is 18.8 Å². The first-order valence-electron chi connectivity index (χ1n) is 6.20. The number of hydrogen-bond acceptors (Lipinski definition) is 3. The molecule has 2 atom stereocenters. The SMILES string of the molecule is COCC(C)CN1CC(=O)N2CCCC2C1=O. The van der Waals surface area contributed by atoms with E-state index < -0.39 is 0 Å². The highest BCUT2D eigenvalue weighted by Crippen LogP contribution is 2.24. The summed E-state index contributed by atoms with van der Waals surface area (Å²) in [5, 5.41) is 0. The normalized spacial score (nSPS) is 26.4. The van der Waals surface area contributed by atoms with Crippen LogP contribution in [0, 0.1) is 5.92 Å². The maximum atomic E-state index is 12.2. The number of methoxy groups -OCH3 is 1. The summed E-state index contributed by atoms with van der Waals surface area (Å²) in [5.74, 6) is 0.478. The molecular weight excluding hydrogens is 220 g/mol. The summed E-state index contributed by atoms with van der Waals surface area (Å²) >= 11 is 0. The Morgan fingerprint density at radius 3 is 2.94 bits per heavy atom. The fraction of sp³-hybridized carbons (Fsp3) is 0.833. The fourth-order valence-corrected chi connectivity index (χ4v) is 2.73. The van der Waals surface area contributed by atoms with Crippen LogP contribution >= 0.6 is 0 Å². The molecule has 2 rings (SSSR count). The molecule has 0 aliphatic carbocycles. The summed E-state index contributed by atoms with van der Waals surface area (Å²) in [6.45, 7) is 4.25. The van der Waals surface area contributed by atoms with Gasteiger partial charge >= 0.3 is 0 Å². The lowest BCUT2D eigenvalue weighted by Gasteiger charge is -2.37. The number of rotatable bonds is 4. The van der Waals surface area contributed by atoms with Gasteiger partial charge in [0.05, 0.1) is 13.2 Å². The zero-order valence-corrected chi connectivity index (χ0v) is 10.5. The number of hydrogen-bond donors (Lipinski definition) is 0. The predicted molar refractivity (Wildman–Crippen MR) is 62.4 cm³/mol. The summed E-state index contributed by atoms with van der Waals surface area (Å²) in [7, 11) is 1.65. The Balaban J connectivity index is 1.99. The van der Waals surface area contributed by atoms with Gasteiger partial charge in [0.1, 0.15) is 6.04 Å². The Kier molecular flexibility index (Phi) is 3.66. The Labute approximate surface area is 102 Å². The Bertz CT molecular complexity index is 319. The third-order valence-electron chi connectivity index (χ3n) is 3.48. The van der Waals surface area contributed by atoms with Crippen LogP contribution in [0.5, 0.6) is 0 Å². The topological polar surface area (TPSA) is 49.9 Å². The van der Waals surface area contributed by atoms with Crippen LogP contribution in [0.2, 0.25) is 0 Å². The summed E-state index contributed by atoms with van der Waals surface area (Å²) in [4.78, 5) is 27.5. The highest BCUT2D eigenvalue weighted by atomic mass is 16.5. The summed E-state index contributed by atoms with van der Waals surface area (Å²) in [5.41, 5.74) is 0. The molecule has 96 valence electrons. The van der Waals surface area contributed by atoms with Crippen molar-refractivity contribution >= 4 is 11.8 Å². The highest BCUT2D eigenvalue weighted by molar-refractivity contribution is 5.95. The van der Waals surface area contributed by atoms with Crippen molar-refractivity contribution in [2.24, 2.45) is 5.92 Å². The van der Waals surface area contributed by atoms with E-state index in [4.69, 9.17) is 4.74 Å². The number of carbonyl (C=O) groups excluding carboxylic acids is 2. The van der Waals surface area contributed by atoms with Gasteiger partial charge in [0.25, 0.3) is 0 Å². The van der Waals surface area contributed by atoms with Crippen LogP contribution in [0.25, 0.3) is 0 Å². The second-order valence-electron chi connectivity index (χ2n) is 5.02. The molecule has 2 amide bonds. The van der Waals surface area contributed by atoms with E-state index in [1.54, 1.807) is 16.9 Å². The van der Waals surface area contributed by atoms with Crippen LogP contribution < -0.4 is 0 Å². The smallest absolute Gasteiger partial charge is 0.245 e.